The molecule has 2 saturated carbocycles. The van der Waals surface area contributed by atoms with Gasteiger partial charge in [-0.1, -0.05) is 19.1 Å². The predicted octanol–water partition coefficient (Wildman–Crippen LogP) is -1.55. The van der Waals surface area contributed by atoms with E-state index in [-0.39, 0.29) is 11.3 Å². The Bertz CT molecular complexity index is 1060. The fraction of sp³-hybridized carbons (Fsp3) is 0.476. The first-order chi connectivity index (χ1) is 14.3. The number of nitrogens with two attached hydrogens (primary N) is 2. The number of phenols is 1. The number of fused-ring (bicyclic) bond motifs is 3. The van der Waals surface area contributed by atoms with Crippen LogP contribution in [0.5, 0.6) is 5.75 Å². The summed E-state index contributed by atoms with van der Waals surface area (Å²) in [6.45, 7) is 2.87. The molecule has 3 aliphatic rings. The third kappa shape index (κ3) is 2.38. The first-order valence-corrected chi connectivity index (χ1v) is 9.80. The average Bonchev–Trinajstić information content (AvgIpc) is 2.67. The van der Waals surface area contributed by atoms with Gasteiger partial charge in [-0.15, -0.1) is 0 Å². The van der Waals surface area contributed by atoms with Crippen molar-refractivity contribution in [3.8, 4) is 5.75 Å². The van der Waals surface area contributed by atoms with Crippen LogP contribution in [0.2, 0.25) is 0 Å². The Hall–Kier alpha value is -2.79. The Labute approximate surface area is 176 Å². The SMILES string of the molecule is CC1c2cccc(O)c2C(O)=C2C(=O)C3(O)C(=O)C(C(N)=O)C(O)[C@@](C)(N)C3C(O)C21. The van der Waals surface area contributed by atoms with Crippen LogP contribution >= 0.6 is 0 Å². The number of phenolic OH excluding ortho intramolecular Hbond substituents is 1. The quantitative estimate of drug-likeness (QED) is 0.256. The van der Waals surface area contributed by atoms with Gasteiger partial charge < -0.3 is 37.0 Å². The minimum absolute atomic E-state index is 0.0471. The molecule has 10 nitrogen and oxygen atoms in total. The average molecular weight is 432 g/mol. The number of hydrogen-bond donors (Lipinski definition) is 7. The summed E-state index contributed by atoms with van der Waals surface area (Å²) in [7, 11) is 0. The summed E-state index contributed by atoms with van der Waals surface area (Å²) >= 11 is 0. The standard InChI is InChI=1S/C21H24N2O8/c1-6-7-4-3-5-8(24)10(7)13(25)11-9(6)14(26)15-20(2,23)16(27)12(19(22)30)18(29)21(15,31)17(11)28/h3-6,9,12,14-16,24-27,31H,23H2,1-2H3,(H2,22,30)/t6?,9?,12?,14?,15?,16?,20-,21?/m0/s1. The van der Waals surface area contributed by atoms with E-state index in [0.29, 0.717) is 5.56 Å². The van der Waals surface area contributed by atoms with Crippen molar-refractivity contribution in [2.75, 3.05) is 0 Å². The normalized spacial score (nSPS) is 42.0. The van der Waals surface area contributed by atoms with Gasteiger partial charge in [-0.2, -0.15) is 0 Å². The van der Waals surface area contributed by atoms with Gasteiger partial charge in [0, 0.05) is 22.9 Å². The fourth-order valence-corrected chi connectivity index (χ4v) is 5.75. The lowest BCUT2D eigenvalue weighted by Crippen LogP contribution is -2.80. The summed E-state index contributed by atoms with van der Waals surface area (Å²) in [5, 5.41) is 54.4. The van der Waals surface area contributed by atoms with Crippen LogP contribution < -0.4 is 11.5 Å². The van der Waals surface area contributed by atoms with Crippen LogP contribution in [0.4, 0.5) is 0 Å². The first-order valence-electron chi connectivity index (χ1n) is 9.80. The molecule has 7 unspecified atom stereocenters. The van der Waals surface area contributed by atoms with Gasteiger partial charge >= 0.3 is 0 Å². The summed E-state index contributed by atoms with van der Waals surface area (Å²) < 4.78 is 0. The van der Waals surface area contributed by atoms with E-state index in [2.05, 4.69) is 0 Å². The minimum atomic E-state index is -3.01. The number of Topliss-reactive ketones (excluding diaryl/α,β-unsaturated/α-hetero) is 2. The highest BCUT2D eigenvalue weighted by atomic mass is 16.3. The third-order valence-corrected chi connectivity index (χ3v) is 7.27. The lowest BCUT2D eigenvalue weighted by Gasteiger charge is -2.58. The number of aliphatic hydroxyl groups excluding tert-OH is 3. The van der Waals surface area contributed by atoms with Crippen molar-refractivity contribution in [1.29, 1.82) is 0 Å². The van der Waals surface area contributed by atoms with Crippen LogP contribution in [0.3, 0.4) is 0 Å². The summed E-state index contributed by atoms with van der Waals surface area (Å²) in [5.74, 6) is -10.3. The van der Waals surface area contributed by atoms with Gasteiger partial charge in [0.1, 0.15) is 17.4 Å². The second-order valence-corrected chi connectivity index (χ2v) is 8.94. The zero-order valence-electron chi connectivity index (χ0n) is 16.8. The van der Waals surface area contributed by atoms with Crippen LogP contribution in [0, 0.1) is 17.8 Å². The van der Waals surface area contributed by atoms with Crippen molar-refractivity contribution in [1.82, 2.24) is 0 Å². The van der Waals surface area contributed by atoms with Crippen LogP contribution in [-0.4, -0.2) is 66.4 Å². The van der Waals surface area contributed by atoms with Gasteiger partial charge in [-0.25, -0.2) is 0 Å². The van der Waals surface area contributed by atoms with E-state index in [1.165, 1.54) is 19.1 Å². The molecule has 9 N–H and O–H groups in total. The fourth-order valence-electron chi connectivity index (χ4n) is 5.75. The molecule has 1 aromatic carbocycles. The molecular formula is C21H24N2O8. The Kier molecular flexibility index (Phi) is 4.40. The lowest BCUT2D eigenvalue weighted by atomic mass is 9.48. The number of aliphatic hydroxyl groups is 4. The molecule has 0 aliphatic heterocycles. The van der Waals surface area contributed by atoms with Crippen molar-refractivity contribution in [3.05, 3.63) is 34.9 Å². The molecule has 0 bridgehead atoms. The Morgan fingerprint density at radius 1 is 1.16 bits per heavy atom. The molecule has 1 amide bonds. The van der Waals surface area contributed by atoms with Gasteiger partial charge in [-0.3, -0.25) is 14.4 Å². The van der Waals surface area contributed by atoms with E-state index in [4.69, 9.17) is 11.5 Å². The molecule has 0 heterocycles. The number of hydrogen-bond acceptors (Lipinski definition) is 9. The Morgan fingerprint density at radius 3 is 2.35 bits per heavy atom. The van der Waals surface area contributed by atoms with Crippen molar-refractivity contribution >= 4 is 23.2 Å². The second-order valence-electron chi connectivity index (χ2n) is 8.94. The van der Waals surface area contributed by atoms with E-state index in [1.54, 1.807) is 13.0 Å². The van der Waals surface area contributed by atoms with E-state index >= 15 is 0 Å². The summed E-state index contributed by atoms with van der Waals surface area (Å²) in [4.78, 5) is 38.5. The molecule has 10 heteroatoms. The van der Waals surface area contributed by atoms with Crippen LogP contribution in [0.15, 0.2) is 23.8 Å². The maximum absolute atomic E-state index is 13.5. The summed E-state index contributed by atoms with van der Waals surface area (Å²) in [5.41, 5.74) is 6.44. The molecule has 0 saturated heterocycles. The molecule has 2 fully saturated rings. The molecular weight excluding hydrogens is 408 g/mol. The highest BCUT2D eigenvalue weighted by molar-refractivity contribution is 6.25. The molecule has 166 valence electrons. The second kappa shape index (κ2) is 6.36. The maximum atomic E-state index is 13.5. The molecule has 4 rings (SSSR count). The number of aromatic hydroxyl groups is 1. The van der Waals surface area contributed by atoms with Crippen LogP contribution in [-0.2, 0) is 14.4 Å². The zero-order valence-corrected chi connectivity index (χ0v) is 16.8. The number of carbonyl (C=O) groups excluding carboxylic acids is 3. The van der Waals surface area contributed by atoms with Gasteiger partial charge in [0.05, 0.1) is 17.8 Å². The van der Waals surface area contributed by atoms with E-state index in [1.807, 2.05) is 0 Å². The number of carbonyl (C=O) groups is 3. The van der Waals surface area contributed by atoms with Gasteiger partial charge in [0.2, 0.25) is 11.7 Å². The number of primary amides is 1. The van der Waals surface area contributed by atoms with Crippen LogP contribution in [0.25, 0.3) is 5.76 Å². The lowest BCUT2D eigenvalue weighted by molar-refractivity contribution is -0.200. The molecule has 3 aliphatic carbocycles. The predicted molar refractivity (Wildman–Crippen MR) is 105 cm³/mol. The Morgan fingerprint density at radius 2 is 1.77 bits per heavy atom. The topological polar surface area (TPSA) is 204 Å². The van der Waals surface area contributed by atoms with Crippen LogP contribution in [0.1, 0.15) is 30.9 Å². The number of amides is 1. The molecule has 0 spiro atoms. The first kappa shape index (κ1) is 21.4. The molecule has 0 radical (unpaired) electrons. The largest absolute Gasteiger partial charge is 0.507 e. The monoisotopic (exact) mass is 432 g/mol. The number of benzene rings is 1. The van der Waals surface area contributed by atoms with Crippen molar-refractivity contribution < 1.29 is 39.9 Å². The van der Waals surface area contributed by atoms with Gasteiger partial charge in [0.25, 0.3) is 0 Å². The van der Waals surface area contributed by atoms with Gasteiger partial charge in [-0.05, 0) is 24.5 Å². The summed E-state index contributed by atoms with van der Waals surface area (Å²) in [6.07, 6.45) is -3.52. The molecule has 8 atom stereocenters. The van der Waals surface area contributed by atoms with Gasteiger partial charge in [0.15, 0.2) is 11.4 Å². The molecule has 1 aromatic rings. The summed E-state index contributed by atoms with van der Waals surface area (Å²) in [6, 6.07) is 4.44. The maximum Gasteiger partial charge on any atom is 0.230 e. The third-order valence-electron chi connectivity index (χ3n) is 7.27. The molecule has 31 heavy (non-hydrogen) atoms. The minimum Gasteiger partial charge on any atom is -0.507 e. The van der Waals surface area contributed by atoms with Crippen molar-refractivity contribution in [2.45, 2.75) is 43.1 Å². The number of ketones is 2. The van der Waals surface area contributed by atoms with E-state index in [9.17, 15) is 39.9 Å². The highest BCUT2D eigenvalue weighted by Crippen LogP contribution is 2.56. The smallest absolute Gasteiger partial charge is 0.230 e. The molecule has 0 aromatic heterocycles. The Balaban J connectivity index is 2.02. The van der Waals surface area contributed by atoms with E-state index < -0.39 is 75.8 Å². The van der Waals surface area contributed by atoms with Crippen molar-refractivity contribution in [2.24, 2.45) is 29.2 Å². The van der Waals surface area contributed by atoms with E-state index in [0.717, 1.165) is 0 Å². The van der Waals surface area contributed by atoms with Crippen molar-refractivity contribution in [3.63, 3.8) is 0 Å². The highest BCUT2D eigenvalue weighted by Gasteiger charge is 2.73. The number of rotatable bonds is 1. The zero-order chi connectivity index (χ0) is 23.2.